The molecule has 0 spiro atoms. The van der Waals surface area contributed by atoms with Gasteiger partial charge in [-0.15, -0.1) is 0 Å². The molecule has 2 N–H and O–H groups in total. The first-order chi connectivity index (χ1) is 13.2. The van der Waals surface area contributed by atoms with Crippen molar-refractivity contribution >= 4 is 34.2 Å². The summed E-state index contributed by atoms with van der Waals surface area (Å²) < 4.78 is 49.1. The Balaban J connectivity index is 1.90. The zero-order valence-corrected chi connectivity index (χ0v) is 16.5. The van der Waals surface area contributed by atoms with Crippen LogP contribution in [0.4, 0.5) is 13.2 Å². The van der Waals surface area contributed by atoms with Gasteiger partial charge in [0.15, 0.2) is 10.4 Å². The first kappa shape index (κ1) is 21.8. The van der Waals surface area contributed by atoms with Crippen LogP contribution in [-0.4, -0.2) is 22.6 Å². The van der Waals surface area contributed by atoms with Crippen molar-refractivity contribution in [2.24, 2.45) is 0 Å². The average Bonchev–Trinajstić information content (AvgIpc) is 2.67. The fourth-order valence-electron chi connectivity index (χ4n) is 1.96. The molecule has 1 unspecified atom stereocenters. The summed E-state index contributed by atoms with van der Waals surface area (Å²) in [5, 5.41) is 0. The molecule has 0 saturated heterocycles. The minimum atomic E-state index is -4.39. The van der Waals surface area contributed by atoms with E-state index >= 15 is 0 Å². The Hall–Kier alpha value is -2.46. The highest BCUT2D eigenvalue weighted by Gasteiger charge is 2.30. The number of carbonyl (C=O) groups is 1. The van der Waals surface area contributed by atoms with Gasteiger partial charge in [-0.3, -0.25) is 15.6 Å². The normalized spacial score (nSPS) is 12.0. The third-order valence-corrected chi connectivity index (χ3v) is 4.47. The molecule has 1 amide bonds. The van der Waals surface area contributed by atoms with Crippen molar-refractivity contribution in [3.8, 4) is 17.2 Å². The van der Waals surface area contributed by atoms with Crippen molar-refractivity contribution in [3.05, 3.63) is 54.1 Å². The lowest BCUT2D eigenvalue weighted by molar-refractivity contribution is -0.137. The maximum atomic E-state index is 12.6. The molecular formula is C18H17F3N2O3S2. The molecule has 2 aromatic rings. The molecule has 0 aliphatic rings. The maximum Gasteiger partial charge on any atom is 0.416 e. The zero-order valence-electron chi connectivity index (χ0n) is 14.9. The standard InChI is InChI=1S/C18H17F3N2O3S2/c1-11(16(24)22-23-17(27)28-2)25-13-7-9-15(10-8-13)26-14-5-3-12(4-6-14)18(19,20)21/h3-11H,1-2H3,(H,22,24)(H,23,27). The lowest BCUT2D eigenvalue weighted by atomic mass is 10.2. The van der Waals surface area contributed by atoms with Gasteiger partial charge in [0.1, 0.15) is 17.2 Å². The summed E-state index contributed by atoms with van der Waals surface area (Å²) in [5.41, 5.74) is 4.26. The predicted molar refractivity (Wildman–Crippen MR) is 105 cm³/mol. The Morgan fingerprint density at radius 2 is 1.50 bits per heavy atom. The first-order valence-electron chi connectivity index (χ1n) is 7.94. The van der Waals surface area contributed by atoms with E-state index in [1.54, 1.807) is 37.4 Å². The highest BCUT2D eigenvalue weighted by Crippen LogP contribution is 2.31. The summed E-state index contributed by atoms with van der Waals surface area (Å²) in [5.74, 6) is 0.706. The van der Waals surface area contributed by atoms with E-state index in [0.29, 0.717) is 15.8 Å². The van der Waals surface area contributed by atoms with Gasteiger partial charge < -0.3 is 9.47 Å². The van der Waals surface area contributed by atoms with Crippen LogP contribution in [0, 0.1) is 0 Å². The van der Waals surface area contributed by atoms with Crippen molar-refractivity contribution in [2.45, 2.75) is 19.2 Å². The van der Waals surface area contributed by atoms with Crippen LogP contribution < -0.4 is 20.3 Å². The highest BCUT2D eigenvalue weighted by atomic mass is 32.2. The molecule has 2 aromatic carbocycles. The van der Waals surface area contributed by atoms with Crippen LogP contribution in [-0.2, 0) is 11.0 Å². The number of rotatable bonds is 5. The third kappa shape index (κ3) is 6.61. The minimum absolute atomic E-state index is 0.269. The Bertz CT molecular complexity index is 812. The summed E-state index contributed by atoms with van der Waals surface area (Å²) >= 11 is 6.19. The van der Waals surface area contributed by atoms with E-state index in [4.69, 9.17) is 21.7 Å². The Labute approximate surface area is 169 Å². The van der Waals surface area contributed by atoms with Crippen LogP contribution in [0.5, 0.6) is 17.2 Å². The number of carbonyl (C=O) groups excluding carboxylic acids is 1. The van der Waals surface area contributed by atoms with Crippen LogP contribution >= 0.6 is 24.0 Å². The molecule has 5 nitrogen and oxygen atoms in total. The van der Waals surface area contributed by atoms with Crippen molar-refractivity contribution in [1.29, 1.82) is 0 Å². The van der Waals surface area contributed by atoms with Gasteiger partial charge in [0.2, 0.25) is 0 Å². The maximum absolute atomic E-state index is 12.6. The Morgan fingerprint density at radius 3 is 2.00 bits per heavy atom. The largest absolute Gasteiger partial charge is 0.481 e. The number of ether oxygens (including phenoxy) is 2. The molecule has 0 bridgehead atoms. The summed E-state index contributed by atoms with van der Waals surface area (Å²) in [7, 11) is 0. The second kappa shape index (κ2) is 9.65. The molecular weight excluding hydrogens is 413 g/mol. The smallest absolute Gasteiger partial charge is 0.416 e. The van der Waals surface area contributed by atoms with Crippen molar-refractivity contribution in [1.82, 2.24) is 10.9 Å². The number of benzene rings is 2. The van der Waals surface area contributed by atoms with E-state index in [0.717, 1.165) is 12.1 Å². The molecule has 28 heavy (non-hydrogen) atoms. The van der Waals surface area contributed by atoms with Crippen LogP contribution in [0.25, 0.3) is 0 Å². The van der Waals surface area contributed by atoms with E-state index in [2.05, 4.69) is 10.9 Å². The zero-order chi connectivity index (χ0) is 20.7. The molecule has 0 aliphatic heterocycles. The SMILES string of the molecule is CSC(=S)NNC(=O)C(C)Oc1ccc(Oc2ccc(C(F)(F)F)cc2)cc1. The molecule has 1 atom stereocenters. The van der Waals surface area contributed by atoms with E-state index in [1.807, 2.05) is 0 Å². The molecule has 0 aliphatic carbocycles. The summed E-state index contributed by atoms with van der Waals surface area (Å²) in [4.78, 5) is 11.9. The summed E-state index contributed by atoms with van der Waals surface area (Å²) in [6, 6.07) is 10.7. The molecule has 0 aromatic heterocycles. The molecule has 2 rings (SSSR count). The molecule has 0 radical (unpaired) electrons. The number of alkyl halides is 3. The Morgan fingerprint density at radius 1 is 1.00 bits per heavy atom. The highest BCUT2D eigenvalue weighted by molar-refractivity contribution is 8.22. The minimum Gasteiger partial charge on any atom is -0.481 e. The van der Waals surface area contributed by atoms with E-state index in [1.165, 1.54) is 23.9 Å². The van der Waals surface area contributed by atoms with Crippen molar-refractivity contribution < 1.29 is 27.4 Å². The molecule has 0 fully saturated rings. The van der Waals surface area contributed by atoms with Gasteiger partial charge in [-0.2, -0.15) is 13.2 Å². The number of thioether (sulfide) groups is 1. The van der Waals surface area contributed by atoms with Crippen molar-refractivity contribution in [3.63, 3.8) is 0 Å². The van der Waals surface area contributed by atoms with Gasteiger partial charge in [0.25, 0.3) is 5.91 Å². The molecule has 10 heteroatoms. The number of thiocarbonyl (C=S) groups is 1. The van der Waals surface area contributed by atoms with Crippen molar-refractivity contribution in [2.75, 3.05) is 6.26 Å². The fraction of sp³-hybridized carbons (Fsp3) is 0.222. The third-order valence-electron chi connectivity index (χ3n) is 3.40. The van der Waals surface area contributed by atoms with E-state index in [9.17, 15) is 18.0 Å². The number of hydrogen-bond donors (Lipinski definition) is 2. The van der Waals surface area contributed by atoms with Gasteiger partial charge in [-0.05, 0) is 61.7 Å². The number of halogens is 3. The van der Waals surface area contributed by atoms with Gasteiger partial charge in [0, 0.05) is 0 Å². The molecule has 150 valence electrons. The van der Waals surface area contributed by atoms with Gasteiger partial charge >= 0.3 is 6.18 Å². The second-order valence-electron chi connectivity index (χ2n) is 5.46. The lowest BCUT2D eigenvalue weighted by Gasteiger charge is -2.16. The lowest BCUT2D eigenvalue weighted by Crippen LogP contribution is -2.45. The van der Waals surface area contributed by atoms with E-state index in [-0.39, 0.29) is 5.75 Å². The molecule has 0 heterocycles. The van der Waals surface area contributed by atoms with Gasteiger partial charge in [-0.1, -0.05) is 24.0 Å². The monoisotopic (exact) mass is 430 g/mol. The quantitative estimate of drug-likeness (QED) is 0.537. The Kier molecular flexibility index (Phi) is 7.53. The first-order valence-corrected chi connectivity index (χ1v) is 9.58. The topological polar surface area (TPSA) is 59.6 Å². The number of nitrogens with one attached hydrogen (secondary N) is 2. The number of hydrogen-bond acceptors (Lipinski definition) is 5. The van der Waals surface area contributed by atoms with Gasteiger partial charge in [-0.25, -0.2) is 0 Å². The predicted octanol–water partition coefficient (Wildman–Crippen LogP) is 4.53. The van der Waals surface area contributed by atoms with Crippen LogP contribution in [0.15, 0.2) is 48.5 Å². The summed E-state index contributed by atoms with van der Waals surface area (Å²) in [6.07, 6.45) is -3.40. The second-order valence-corrected chi connectivity index (χ2v) is 6.94. The average molecular weight is 430 g/mol. The summed E-state index contributed by atoms with van der Waals surface area (Å²) in [6.45, 7) is 1.58. The number of hydrazine groups is 1. The van der Waals surface area contributed by atoms with Gasteiger partial charge in [0.05, 0.1) is 5.56 Å². The fourth-order valence-corrected chi connectivity index (χ4v) is 2.16. The van der Waals surface area contributed by atoms with E-state index < -0.39 is 23.8 Å². The van der Waals surface area contributed by atoms with Crippen LogP contribution in [0.2, 0.25) is 0 Å². The number of amides is 1. The van der Waals surface area contributed by atoms with Crippen LogP contribution in [0.3, 0.4) is 0 Å². The molecule has 0 saturated carbocycles. The van der Waals surface area contributed by atoms with Crippen LogP contribution in [0.1, 0.15) is 12.5 Å².